The van der Waals surface area contributed by atoms with Crippen LogP contribution in [0.4, 0.5) is 0 Å². The van der Waals surface area contributed by atoms with E-state index in [0.717, 1.165) is 12.8 Å². The highest BCUT2D eigenvalue weighted by Gasteiger charge is 2.51. The molecule has 1 rings (SSSR count). The maximum absolute atomic E-state index is 10.5. The lowest BCUT2D eigenvalue weighted by molar-refractivity contribution is -0.324. The molecule has 1 fully saturated rings. The number of aliphatic hydroxyl groups excluding tert-OH is 3. The predicted octanol–water partition coefficient (Wildman–Crippen LogP) is 1.68. The van der Waals surface area contributed by atoms with Crippen molar-refractivity contribution in [1.82, 2.24) is 0 Å². The highest BCUT2D eigenvalue weighted by Crippen LogP contribution is 2.42. The molecule has 1 saturated heterocycles. The van der Waals surface area contributed by atoms with Crippen LogP contribution in [0, 0.1) is 11.3 Å². The standard InChI is InChI=1S/C16H32O5/c1-7-15(3,4)11-10(9-17)20-14(13(19)12(11)18)21-16(5,6)8-2/h10-14,17-19H,7-9H2,1-6H3/t10?,11-,12?,13?,14+/m1/s1. The average molecular weight is 304 g/mol. The minimum Gasteiger partial charge on any atom is -0.394 e. The van der Waals surface area contributed by atoms with Crippen LogP contribution in [0.5, 0.6) is 0 Å². The summed E-state index contributed by atoms with van der Waals surface area (Å²) >= 11 is 0. The van der Waals surface area contributed by atoms with Gasteiger partial charge in [0.05, 0.1) is 24.4 Å². The zero-order valence-corrected chi connectivity index (χ0v) is 14.2. The van der Waals surface area contributed by atoms with Crippen molar-refractivity contribution in [2.24, 2.45) is 11.3 Å². The Bertz CT molecular complexity index is 325. The first-order valence-corrected chi connectivity index (χ1v) is 7.90. The highest BCUT2D eigenvalue weighted by atomic mass is 16.7. The normalized spacial score (nSPS) is 35.0. The van der Waals surface area contributed by atoms with Crippen molar-refractivity contribution in [2.75, 3.05) is 6.61 Å². The van der Waals surface area contributed by atoms with Crippen molar-refractivity contribution in [2.45, 2.75) is 84.6 Å². The first-order valence-electron chi connectivity index (χ1n) is 7.90. The summed E-state index contributed by atoms with van der Waals surface area (Å²) in [5.74, 6) is -0.341. The first kappa shape index (κ1) is 18.8. The Morgan fingerprint density at radius 1 is 1.00 bits per heavy atom. The number of ether oxygens (including phenoxy) is 2. The summed E-state index contributed by atoms with van der Waals surface area (Å²) in [6, 6.07) is 0. The molecule has 5 heteroatoms. The Morgan fingerprint density at radius 2 is 1.57 bits per heavy atom. The Kier molecular flexibility index (Phi) is 6.21. The van der Waals surface area contributed by atoms with Crippen LogP contribution in [0.25, 0.3) is 0 Å². The van der Waals surface area contributed by atoms with Crippen molar-refractivity contribution in [3.63, 3.8) is 0 Å². The van der Waals surface area contributed by atoms with Gasteiger partial charge in [-0.05, 0) is 25.7 Å². The molecule has 0 saturated carbocycles. The van der Waals surface area contributed by atoms with Crippen molar-refractivity contribution in [3.05, 3.63) is 0 Å². The fourth-order valence-corrected chi connectivity index (χ4v) is 2.78. The fraction of sp³-hybridized carbons (Fsp3) is 1.00. The van der Waals surface area contributed by atoms with Gasteiger partial charge in [0.15, 0.2) is 6.29 Å². The van der Waals surface area contributed by atoms with Crippen molar-refractivity contribution in [3.8, 4) is 0 Å². The van der Waals surface area contributed by atoms with Crippen LogP contribution >= 0.6 is 0 Å². The maximum atomic E-state index is 10.5. The lowest BCUT2D eigenvalue weighted by Gasteiger charge is -2.49. The Labute approximate surface area is 128 Å². The van der Waals surface area contributed by atoms with Crippen LogP contribution in [0.2, 0.25) is 0 Å². The number of rotatable bonds is 6. The molecule has 3 unspecified atom stereocenters. The van der Waals surface area contributed by atoms with Crippen molar-refractivity contribution < 1.29 is 24.8 Å². The number of hydrogen-bond donors (Lipinski definition) is 3. The molecule has 0 bridgehead atoms. The van der Waals surface area contributed by atoms with Gasteiger partial charge >= 0.3 is 0 Å². The van der Waals surface area contributed by atoms with E-state index in [1.807, 2.05) is 41.5 Å². The second-order valence-electron chi connectivity index (χ2n) is 7.31. The van der Waals surface area contributed by atoms with Crippen LogP contribution in [-0.4, -0.2) is 52.1 Å². The van der Waals surface area contributed by atoms with E-state index in [9.17, 15) is 15.3 Å². The second-order valence-corrected chi connectivity index (χ2v) is 7.31. The zero-order chi connectivity index (χ0) is 16.4. The van der Waals surface area contributed by atoms with Gasteiger partial charge in [-0.3, -0.25) is 0 Å². The van der Waals surface area contributed by atoms with Gasteiger partial charge in [0, 0.05) is 5.92 Å². The van der Waals surface area contributed by atoms with E-state index < -0.39 is 30.2 Å². The van der Waals surface area contributed by atoms with Gasteiger partial charge in [0.1, 0.15) is 6.10 Å². The van der Waals surface area contributed by atoms with Crippen LogP contribution in [-0.2, 0) is 9.47 Å². The van der Waals surface area contributed by atoms with E-state index in [1.165, 1.54) is 0 Å². The van der Waals surface area contributed by atoms with Crippen LogP contribution in [0.3, 0.4) is 0 Å². The molecule has 0 spiro atoms. The van der Waals surface area contributed by atoms with Crippen molar-refractivity contribution in [1.29, 1.82) is 0 Å². The number of hydrogen-bond acceptors (Lipinski definition) is 5. The highest BCUT2D eigenvalue weighted by molar-refractivity contribution is 4.96. The van der Waals surface area contributed by atoms with E-state index in [0.29, 0.717) is 0 Å². The zero-order valence-electron chi connectivity index (χ0n) is 14.2. The van der Waals surface area contributed by atoms with E-state index >= 15 is 0 Å². The third kappa shape index (κ3) is 4.17. The monoisotopic (exact) mass is 304 g/mol. The molecular weight excluding hydrogens is 272 g/mol. The third-order valence-electron chi connectivity index (χ3n) is 4.99. The summed E-state index contributed by atoms with van der Waals surface area (Å²) in [7, 11) is 0. The second kappa shape index (κ2) is 6.92. The van der Waals surface area contributed by atoms with E-state index in [4.69, 9.17) is 9.47 Å². The molecule has 0 aromatic carbocycles. The summed E-state index contributed by atoms with van der Waals surface area (Å²) in [5.41, 5.74) is -0.711. The van der Waals surface area contributed by atoms with Gasteiger partial charge < -0.3 is 24.8 Å². The maximum Gasteiger partial charge on any atom is 0.187 e. The average Bonchev–Trinajstić information content (AvgIpc) is 2.43. The third-order valence-corrected chi connectivity index (χ3v) is 4.99. The Morgan fingerprint density at radius 3 is 2.00 bits per heavy atom. The molecule has 126 valence electrons. The summed E-state index contributed by atoms with van der Waals surface area (Å²) in [5, 5.41) is 30.5. The molecule has 0 aromatic heterocycles. The summed E-state index contributed by atoms with van der Waals surface area (Å²) in [6.07, 6.45) is -2.00. The van der Waals surface area contributed by atoms with Crippen molar-refractivity contribution >= 4 is 0 Å². The van der Waals surface area contributed by atoms with Gasteiger partial charge in [-0.15, -0.1) is 0 Å². The lowest BCUT2D eigenvalue weighted by Crippen LogP contribution is -2.61. The summed E-state index contributed by atoms with van der Waals surface area (Å²) < 4.78 is 11.6. The lowest BCUT2D eigenvalue weighted by atomic mass is 9.68. The van der Waals surface area contributed by atoms with Gasteiger partial charge in [-0.25, -0.2) is 0 Å². The molecule has 0 radical (unpaired) electrons. The quantitative estimate of drug-likeness (QED) is 0.696. The molecule has 1 heterocycles. The molecule has 5 atom stereocenters. The van der Waals surface area contributed by atoms with E-state index in [1.54, 1.807) is 0 Å². The topological polar surface area (TPSA) is 79.2 Å². The largest absolute Gasteiger partial charge is 0.394 e. The molecular formula is C16H32O5. The van der Waals surface area contributed by atoms with Gasteiger partial charge in [0.2, 0.25) is 0 Å². The minimum absolute atomic E-state index is 0.204. The van der Waals surface area contributed by atoms with Gasteiger partial charge in [-0.1, -0.05) is 34.1 Å². The summed E-state index contributed by atoms with van der Waals surface area (Å²) in [6.45, 7) is 11.6. The van der Waals surface area contributed by atoms with Crippen LogP contribution < -0.4 is 0 Å². The summed E-state index contributed by atoms with van der Waals surface area (Å²) in [4.78, 5) is 0. The number of aliphatic hydroxyl groups is 3. The Hall–Kier alpha value is -0.200. The molecule has 5 nitrogen and oxygen atoms in total. The smallest absolute Gasteiger partial charge is 0.187 e. The molecule has 3 N–H and O–H groups in total. The predicted molar refractivity (Wildman–Crippen MR) is 80.8 cm³/mol. The molecule has 0 amide bonds. The molecule has 21 heavy (non-hydrogen) atoms. The van der Waals surface area contributed by atoms with E-state index in [2.05, 4.69) is 0 Å². The Balaban J connectivity index is 2.95. The minimum atomic E-state index is -1.12. The molecule has 1 aliphatic heterocycles. The van der Waals surface area contributed by atoms with Crippen LogP contribution in [0.15, 0.2) is 0 Å². The van der Waals surface area contributed by atoms with Gasteiger partial charge in [0.25, 0.3) is 0 Å². The molecule has 0 aromatic rings. The van der Waals surface area contributed by atoms with Crippen LogP contribution in [0.1, 0.15) is 54.4 Å². The molecule has 1 aliphatic rings. The first-order chi connectivity index (χ1) is 9.59. The SMILES string of the molecule is CCC(C)(C)O[C@@H]1OC(CO)[C@@H](C(C)(C)CC)C(O)C1O. The van der Waals surface area contributed by atoms with E-state index in [-0.39, 0.29) is 17.9 Å². The molecule has 0 aliphatic carbocycles. The van der Waals surface area contributed by atoms with Gasteiger partial charge in [-0.2, -0.15) is 0 Å². The fourth-order valence-electron chi connectivity index (χ4n) is 2.78.